The minimum atomic E-state index is -3.51. The molecule has 1 aromatic heterocycles. The summed E-state index contributed by atoms with van der Waals surface area (Å²) >= 11 is 7.33. The summed E-state index contributed by atoms with van der Waals surface area (Å²) in [4.78, 5) is 4.77. The van der Waals surface area contributed by atoms with Crippen molar-refractivity contribution < 1.29 is 17.9 Å². The number of hydrogen-bond donors (Lipinski definition) is 0. The zero-order valence-electron chi connectivity index (χ0n) is 15.2. The molecule has 1 saturated heterocycles. The number of halogens is 1. The summed E-state index contributed by atoms with van der Waals surface area (Å²) in [5, 5.41) is 1.11. The maximum atomic E-state index is 12.8. The third kappa shape index (κ3) is 3.96. The number of sulfonamides is 1. The summed E-state index contributed by atoms with van der Waals surface area (Å²) in [6.07, 6.45) is 1.18. The molecular weight excluding hydrogens is 420 g/mol. The van der Waals surface area contributed by atoms with Gasteiger partial charge in [0.25, 0.3) is 5.19 Å². The van der Waals surface area contributed by atoms with Crippen LogP contribution in [0.15, 0.2) is 47.4 Å². The fourth-order valence-electron chi connectivity index (χ4n) is 3.15. The van der Waals surface area contributed by atoms with Gasteiger partial charge in [0.15, 0.2) is 0 Å². The van der Waals surface area contributed by atoms with Crippen molar-refractivity contribution in [2.75, 3.05) is 20.2 Å². The van der Waals surface area contributed by atoms with Crippen LogP contribution in [0, 0.1) is 0 Å². The maximum Gasteiger partial charge on any atom is 0.274 e. The SMILES string of the molecule is COc1ccc2sc(OC3CCN(S(=O)(=O)c4ccc(Cl)cc4)CC3)nc2c1. The standard InChI is InChI=1S/C19H19ClN2O4S2/c1-25-15-4-7-18-17(12-15)21-19(27-18)26-14-8-10-22(11-9-14)28(23,24)16-5-2-13(20)3-6-16/h2-7,12,14H,8-11H2,1H3. The lowest BCUT2D eigenvalue weighted by molar-refractivity contribution is 0.135. The van der Waals surface area contributed by atoms with Gasteiger partial charge in [-0.2, -0.15) is 4.31 Å². The zero-order valence-corrected chi connectivity index (χ0v) is 17.6. The van der Waals surface area contributed by atoms with Crippen molar-refractivity contribution in [2.24, 2.45) is 0 Å². The van der Waals surface area contributed by atoms with Crippen LogP contribution >= 0.6 is 22.9 Å². The van der Waals surface area contributed by atoms with Crippen molar-refractivity contribution in [2.45, 2.75) is 23.8 Å². The van der Waals surface area contributed by atoms with E-state index < -0.39 is 10.0 Å². The Hall–Kier alpha value is -1.87. The van der Waals surface area contributed by atoms with E-state index in [9.17, 15) is 8.42 Å². The van der Waals surface area contributed by atoms with Gasteiger partial charge in [-0.15, -0.1) is 0 Å². The lowest BCUT2D eigenvalue weighted by Gasteiger charge is -2.30. The van der Waals surface area contributed by atoms with Gasteiger partial charge in [-0.25, -0.2) is 13.4 Å². The van der Waals surface area contributed by atoms with E-state index in [0.29, 0.717) is 36.1 Å². The zero-order chi connectivity index (χ0) is 19.7. The van der Waals surface area contributed by atoms with Gasteiger partial charge in [0.1, 0.15) is 11.9 Å². The second-order valence-electron chi connectivity index (χ2n) is 6.49. The number of hydrogen-bond acceptors (Lipinski definition) is 6. The molecule has 0 N–H and O–H groups in total. The number of methoxy groups -OCH3 is 1. The lowest BCUT2D eigenvalue weighted by Crippen LogP contribution is -2.41. The minimum Gasteiger partial charge on any atom is -0.497 e. The number of ether oxygens (including phenoxy) is 2. The fourth-order valence-corrected chi connectivity index (χ4v) is 5.61. The molecule has 0 radical (unpaired) electrons. The van der Waals surface area contributed by atoms with Crippen LogP contribution < -0.4 is 9.47 Å². The Balaban J connectivity index is 1.41. The molecule has 9 heteroatoms. The number of aromatic nitrogens is 1. The molecule has 0 saturated carbocycles. The Kier molecular flexibility index (Phi) is 5.46. The van der Waals surface area contributed by atoms with Crippen LogP contribution in [0.25, 0.3) is 10.2 Å². The summed E-state index contributed by atoms with van der Waals surface area (Å²) in [5.41, 5.74) is 0.835. The third-order valence-corrected chi connectivity index (χ3v) is 7.79. The molecule has 2 aromatic carbocycles. The third-order valence-electron chi connectivity index (χ3n) is 4.69. The summed E-state index contributed by atoms with van der Waals surface area (Å²) in [6, 6.07) is 12.0. The molecule has 28 heavy (non-hydrogen) atoms. The van der Waals surface area contributed by atoms with Gasteiger partial charge in [0, 0.05) is 24.2 Å². The molecule has 0 atom stereocenters. The van der Waals surface area contributed by atoms with Crippen molar-refractivity contribution in [3.63, 3.8) is 0 Å². The van der Waals surface area contributed by atoms with Crippen LogP contribution in [0.5, 0.6) is 10.9 Å². The van der Waals surface area contributed by atoms with Crippen molar-refractivity contribution in [1.29, 1.82) is 0 Å². The first kappa shape index (κ1) is 19.4. The quantitative estimate of drug-likeness (QED) is 0.597. The van der Waals surface area contributed by atoms with Crippen LogP contribution in [0.3, 0.4) is 0 Å². The molecule has 0 amide bonds. The van der Waals surface area contributed by atoms with E-state index in [1.54, 1.807) is 19.2 Å². The van der Waals surface area contributed by atoms with Crippen LogP contribution in [-0.2, 0) is 10.0 Å². The Labute approximate surface area is 172 Å². The van der Waals surface area contributed by atoms with Gasteiger partial charge in [-0.1, -0.05) is 22.9 Å². The molecule has 6 nitrogen and oxygen atoms in total. The molecule has 1 fully saturated rings. The highest BCUT2D eigenvalue weighted by molar-refractivity contribution is 7.89. The monoisotopic (exact) mass is 438 g/mol. The van der Waals surface area contributed by atoms with Crippen LogP contribution in [0.1, 0.15) is 12.8 Å². The molecule has 148 valence electrons. The summed E-state index contributed by atoms with van der Waals surface area (Å²) < 4.78 is 39.3. The molecule has 0 unspecified atom stereocenters. The average Bonchev–Trinajstić information content (AvgIpc) is 3.10. The second-order valence-corrected chi connectivity index (χ2v) is 9.86. The van der Waals surface area contributed by atoms with E-state index in [1.165, 1.54) is 27.8 Å². The van der Waals surface area contributed by atoms with Gasteiger partial charge in [-0.05, 0) is 49.2 Å². The van der Waals surface area contributed by atoms with E-state index in [2.05, 4.69) is 4.98 Å². The van der Waals surface area contributed by atoms with Crippen molar-refractivity contribution in [1.82, 2.24) is 9.29 Å². The van der Waals surface area contributed by atoms with Gasteiger partial charge < -0.3 is 9.47 Å². The van der Waals surface area contributed by atoms with E-state index in [4.69, 9.17) is 21.1 Å². The smallest absolute Gasteiger partial charge is 0.274 e. The molecule has 1 aliphatic heterocycles. The fraction of sp³-hybridized carbons (Fsp3) is 0.316. The number of rotatable bonds is 5. The van der Waals surface area contributed by atoms with Gasteiger partial charge in [0.2, 0.25) is 10.0 Å². The topological polar surface area (TPSA) is 68.7 Å². The van der Waals surface area contributed by atoms with E-state index >= 15 is 0 Å². The predicted molar refractivity (Wildman–Crippen MR) is 110 cm³/mol. The van der Waals surface area contributed by atoms with E-state index in [-0.39, 0.29) is 11.0 Å². The molecular formula is C19H19ClN2O4S2. The van der Waals surface area contributed by atoms with E-state index in [0.717, 1.165) is 16.0 Å². The average molecular weight is 439 g/mol. The Morgan fingerprint density at radius 2 is 1.86 bits per heavy atom. The molecule has 1 aliphatic rings. The predicted octanol–water partition coefficient (Wildman–Crippen LogP) is 4.19. The first-order valence-electron chi connectivity index (χ1n) is 8.83. The molecule has 3 aromatic rings. The number of piperidine rings is 1. The van der Waals surface area contributed by atoms with Crippen molar-refractivity contribution in [3.8, 4) is 10.9 Å². The van der Waals surface area contributed by atoms with Gasteiger partial charge in [-0.3, -0.25) is 0 Å². The van der Waals surface area contributed by atoms with Crippen LogP contribution in [-0.4, -0.2) is 44.0 Å². The van der Waals surface area contributed by atoms with E-state index in [1.807, 2.05) is 18.2 Å². The number of benzene rings is 2. The highest BCUT2D eigenvalue weighted by Gasteiger charge is 2.30. The lowest BCUT2D eigenvalue weighted by atomic mass is 10.1. The second kappa shape index (κ2) is 7.87. The largest absolute Gasteiger partial charge is 0.497 e. The highest BCUT2D eigenvalue weighted by Crippen LogP contribution is 2.32. The molecule has 0 bridgehead atoms. The molecule has 4 rings (SSSR count). The van der Waals surface area contributed by atoms with Crippen LogP contribution in [0.4, 0.5) is 0 Å². The van der Waals surface area contributed by atoms with Gasteiger partial charge in [0.05, 0.1) is 22.2 Å². The summed E-state index contributed by atoms with van der Waals surface area (Å²) in [6.45, 7) is 0.822. The number of thiazole rings is 1. The first-order chi connectivity index (χ1) is 13.5. The Morgan fingerprint density at radius 3 is 2.54 bits per heavy atom. The number of nitrogens with zero attached hydrogens (tertiary/aromatic N) is 2. The highest BCUT2D eigenvalue weighted by atomic mass is 35.5. The molecule has 2 heterocycles. The van der Waals surface area contributed by atoms with Gasteiger partial charge >= 0.3 is 0 Å². The Morgan fingerprint density at radius 1 is 1.14 bits per heavy atom. The summed E-state index contributed by atoms with van der Waals surface area (Å²) in [7, 11) is -1.89. The molecule has 0 spiro atoms. The summed E-state index contributed by atoms with van der Waals surface area (Å²) in [5.74, 6) is 0.755. The minimum absolute atomic E-state index is 0.0564. The normalized spacial score (nSPS) is 16.4. The Bertz CT molecular complexity index is 1080. The van der Waals surface area contributed by atoms with Crippen LogP contribution in [0.2, 0.25) is 5.02 Å². The number of fused-ring (bicyclic) bond motifs is 1. The molecule has 0 aliphatic carbocycles. The van der Waals surface area contributed by atoms with Crippen molar-refractivity contribution in [3.05, 3.63) is 47.5 Å². The first-order valence-corrected chi connectivity index (χ1v) is 11.5. The maximum absolute atomic E-state index is 12.8. The van der Waals surface area contributed by atoms with Crippen molar-refractivity contribution >= 4 is 43.2 Å².